The summed E-state index contributed by atoms with van der Waals surface area (Å²) in [7, 11) is 1.41. The van der Waals surface area contributed by atoms with E-state index in [2.05, 4.69) is 24.5 Å². The maximum absolute atomic E-state index is 12.5. The van der Waals surface area contributed by atoms with Crippen molar-refractivity contribution in [3.05, 3.63) is 0 Å². The standard InChI is InChI=1S/C18H32N2O3/c1-13-6-8-18(9-7-13,17(22)23-3)20-16(21)11-14(2)15-5-4-10-19-12-15/h13-15,19H,4-12H2,1-3H3,(H,20,21). The van der Waals surface area contributed by atoms with Gasteiger partial charge in [-0.3, -0.25) is 4.79 Å². The first kappa shape index (κ1) is 18.2. The molecule has 1 aliphatic heterocycles. The second kappa shape index (κ2) is 8.13. The van der Waals surface area contributed by atoms with Gasteiger partial charge in [0, 0.05) is 6.42 Å². The van der Waals surface area contributed by atoms with Gasteiger partial charge in [-0.15, -0.1) is 0 Å². The van der Waals surface area contributed by atoms with E-state index in [4.69, 9.17) is 4.74 Å². The van der Waals surface area contributed by atoms with Gasteiger partial charge in [0.2, 0.25) is 5.91 Å². The van der Waals surface area contributed by atoms with Gasteiger partial charge in [0.05, 0.1) is 7.11 Å². The summed E-state index contributed by atoms with van der Waals surface area (Å²) >= 11 is 0. The van der Waals surface area contributed by atoms with Crippen molar-refractivity contribution in [2.75, 3.05) is 20.2 Å². The number of amides is 1. The van der Waals surface area contributed by atoms with Gasteiger partial charge in [-0.25, -0.2) is 4.79 Å². The fraction of sp³-hybridized carbons (Fsp3) is 0.889. The monoisotopic (exact) mass is 324 g/mol. The molecule has 0 aromatic rings. The third-order valence-electron chi connectivity index (χ3n) is 5.73. The third-order valence-corrected chi connectivity index (χ3v) is 5.73. The Balaban J connectivity index is 1.93. The highest BCUT2D eigenvalue weighted by Crippen LogP contribution is 2.33. The van der Waals surface area contributed by atoms with Gasteiger partial charge in [0.1, 0.15) is 5.54 Å². The third kappa shape index (κ3) is 4.69. The van der Waals surface area contributed by atoms with Crippen molar-refractivity contribution in [2.24, 2.45) is 17.8 Å². The molecule has 23 heavy (non-hydrogen) atoms. The number of carbonyl (C=O) groups excluding carboxylic acids is 2. The highest BCUT2D eigenvalue weighted by atomic mass is 16.5. The zero-order valence-corrected chi connectivity index (χ0v) is 14.8. The molecular weight excluding hydrogens is 292 g/mol. The molecule has 2 N–H and O–H groups in total. The molecule has 1 aliphatic carbocycles. The van der Waals surface area contributed by atoms with Crippen LogP contribution >= 0.6 is 0 Å². The van der Waals surface area contributed by atoms with E-state index in [1.165, 1.54) is 20.0 Å². The van der Waals surface area contributed by atoms with Crippen molar-refractivity contribution in [1.82, 2.24) is 10.6 Å². The summed E-state index contributed by atoms with van der Waals surface area (Å²) in [6.45, 7) is 6.42. The Morgan fingerprint density at radius 3 is 2.57 bits per heavy atom. The summed E-state index contributed by atoms with van der Waals surface area (Å²) in [6.07, 6.45) is 6.13. The van der Waals surface area contributed by atoms with Crippen LogP contribution in [0.25, 0.3) is 0 Å². The summed E-state index contributed by atoms with van der Waals surface area (Å²) in [5, 5.41) is 6.44. The molecule has 0 aromatic heterocycles. The van der Waals surface area contributed by atoms with Crippen LogP contribution in [0.15, 0.2) is 0 Å². The second-order valence-corrected chi connectivity index (χ2v) is 7.59. The minimum absolute atomic E-state index is 0.0111. The number of nitrogens with one attached hydrogen (secondary N) is 2. The summed E-state index contributed by atoms with van der Waals surface area (Å²) in [6, 6.07) is 0. The topological polar surface area (TPSA) is 67.4 Å². The number of ether oxygens (including phenoxy) is 1. The minimum atomic E-state index is -0.803. The molecule has 5 heteroatoms. The highest BCUT2D eigenvalue weighted by Gasteiger charge is 2.43. The molecule has 0 spiro atoms. The molecule has 132 valence electrons. The molecule has 2 fully saturated rings. The average molecular weight is 324 g/mol. The Hall–Kier alpha value is -1.10. The first-order valence-corrected chi connectivity index (χ1v) is 9.07. The molecule has 2 aliphatic rings. The second-order valence-electron chi connectivity index (χ2n) is 7.59. The summed E-state index contributed by atoms with van der Waals surface area (Å²) in [5.74, 6) is 1.19. The molecule has 2 atom stereocenters. The van der Waals surface area contributed by atoms with Gasteiger partial charge < -0.3 is 15.4 Å². The maximum atomic E-state index is 12.5. The number of hydrogen-bond acceptors (Lipinski definition) is 4. The van der Waals surface area contributed by atoms with Crippen LogP contribution in [-0.4, -0.2) is 37.6 Å². The Kier molecular flexibility index (Phi) is 6.45. The normalized spacial score (nSPS) is 32.8. The number of methoxy groups -OCH3 is 1. The number of piperidine rings is 1. The van der Waals surface area contributed by atoms with Gasteiger partial charge in [0.15, 0.2) is 0 Å². The molecule has 1 saturated heterocycles. The maximum Gasteiger partial charge on any atom is 0.331 e. The van der Waals surface area contributed by atoms with Gasteiger partial charge >= 0.3 is 5.97 Å². The summed E-state index contributed by atoms with van der Waals surface area (Å²) in [4.78, 5) is 24.8. The Bertz CT molecular complexity index is 410. The van der Waals surface area contributed by atoms with Crippen LogP contribution in [0.5, 0.6) is 0 Å². The minimum Gasteiger partial charge on any atom is -0.467 e. The Morgan fingerprint density at radius 2 is 2.00 bits per heavy atom. The zero-order valence-electron chi connectivity index (χ0n) is 14.8. The van der Waals surface area contributed by atoms with Crippen molar-refractivity contribution >= 4 is 11.9 Å². The van der Waals surface area contributed by atoms with E-state index in [1.54, 1.807) is 0 Å². The van der Waals surface area contributed by atoms with Crippen LogP contribution in [0.2, 0.25) is 0 Å². The first-order valence-electron chi connectivity index (χ1n) is 9.07. The SMILES string of the molecule is COC(=O)C1(NC(=O)CC(C)C2CCCNC2)CCC(C)CC1. The van der Waals surface area contributed by atoms with Crippen molar-refractivity contribution in [2.45, 2.75) is 64.3 Å². The van der Waals surface area contributed by atoms with Crippen molar-refractivity contribution < 1.29 is 14.3 Å². The van der Waals surface area contributed by atoms with E-state index in [9.17, 15) is 9.59 Å². The largest absolute Gasteiger partial charge is 0.467 e. The molecule has 2 unspecified atom stereocenters. The smallest absolute Gasteiger partial charge is 0.331 e. The van der Waals surface area contributed by atoms with Crippen molar-refractivity contribution in [1.29, 1.82) is 0 Å². The van der Waals surface area contributed by atoms with Crippen LogP contribution in [0, 0.1) is 17.8 Å². The first-order chi connectivity index (χ1) is 11.0. The van der Waals surface area contributed by atoms with E-state index in [-0.39, 0.29) is 11.9 Å². The number of hydrogen-bond donors (Lipinski definition) is 2. The van der Waals surface area contributed by atoms with E-state index >= 15 is 0 Å². The van der Waals surface area contributed by atoms with Crippen molar-refractivity contribution in [3.63, 3.8) is 0 Å². The molecule has 5 nitrogen and oxygen atoms in total. The molecule has 1 saturated carbocycles. The Labute approximate surface area is 139 Å². The molecule has 1 amide bonds. The van der Waals surface area contributed by atoms with Gasteiger partial charge in [-0.05, 0) is 69.4 Å². The summed E-state index contributed by atoms with van der Waals surface area (Å²) < 4.78 is 4.99. The van der Waals surface area contributed by atoms with Crippen LogP contribution in [0.4, 0.5) is 0 Å². The molecule has 2 rings (SSSR count). The molecular formula is C18H32N2O3. The lowest BCUT2D eigenvalue weighted by atomic mass is 9.76. The van der Waals surface area contributed by atoms with Gasteiger partial charge in [-0.1, -0.05) is 13.8 Å². The average Bonchev–Trinajstić information content (AvgIpc) is 2.57. The van der Waals surface area contributed by atoms with Crippen LogP contribution < -0.4 is 10.6 Å². The van der Waals surface area contributed by atoms with E-state index in [1.807, 2.05) is 0 Å². The van der Waals surface area contributed by atoms with Crippen LogP contribution in [0.1, 0.15) is 58.8 Å². The molecule has 0 radical (unpaired) electrons. The predicted molar refractivity (Wildman–Crippen MR) is 89.9 cm³/mol. The van der Waals surface area contributed by atoms with Crippen molar-refractivity contribution in [3.8, 4) is 0 Å². The number of esters is 1. The number of rotatable bonds is 5. The lowest BCUT2D eigenvalue weighted by Crippen LogP contribution is -2.57. The van der Waals surface area contributed by atoms with E-state index in [0.717, 1.165) is 25.9 Å². The van der Waals surface area contributed by atoms with E-state index in [0.29, 0.717) is 37.0 Å². The molecule has 1 heterocycles. The fourth-order valence-corrected chi connectivity index (χ4v) is 3.97. The zero-order chi connectivity index (χ0) is 16.9. The lowest BCUT2D eigenvalue weighted by molar-refractivity contribution is -0.153. The molecule has 0 bridgehead atoms. The van der Waals surface area contributed by atoms with Crippen LogP contribution in [-0.2, 0) is 14.3 Å². The lowest BCUT2D eigenvalue weighted by Gasteiger charge is -2.38. The van der Waals surface area contributed by atoms with Gasteiger partial charge in [0.25, 0.3) is 0 Å². The predicted octanol–water partition coefficient (Wildman–Crippen LogP) is 2.25. The Morgan fingerprint density at radius 1 is 1.30 bits per heavy atom. The van der Waals surface area contributed by atoms with E-state index < -0.39 is 5.54 Å². The highest BCUT2D eigenvalue weighted by molar-refractivity contribution is 5.88. The van der Waals surface area contributed by atoms with Crippen LogP contribution in [0.3, 0.4) is 0 Å². The summed E-state index contributed by atoms with van der Waals surface area (Å²) in [5.41, 5.74) is -0.803. The molecule has 0 aromatic carbocycles. The van der Waals surface area contributed by atoms with Gasteiger partial charge in [-0.2, -0.15) is 0 Å². The fourth-order valence-electron chi connectivity index (χ4n) is 3.97. The number of carbonyl (C=O) groups is 2. The quantitative estimate of drug-likeness (QED) is 0.761.